The third-order valence-electron chi connectivity index (χ3n) is 4.24. The van der Waals surface area contributed by atoms with Crippen molar-refractivity contribution >= 4 is 0 Å². The summed E-state index contributed by atoms with van der Waals surface area (Å²) in [5.74, 6) is 0.604. The standard InChI is InChI=1S/C21H25N5O/c1-21(2,3)18-11-19(27)25-20(24-18)16-7-5-6-15(10-16)12-26(4)13-17-8-9-22-14-23-17/h5-11,14H,12-13H2,1-4H3,(H,24,25,27). The predicted molar refractivity (Wildman–Crippen MR) is 106 cm³/mol. The van der Waals surface area contributed by atoms with E-state index in [9.17, 15) is 4.79 Å². The van der Waals surface area contributed by atoms with Crippen LogP contribution in [0.25, 0.3) is 11.4 Å². The highest BCUT2D eigenvalue weighted by Gasteiger charge is 2.17. The second kappa shape index (κ2) is 7.80. The quantitative estimate of drug-likeness (QED) is 0.754. The van der Waals surface area contributed by atoms with E-state index in [1.54, 1.807) is 18.6 Å². The molecule has 0 saturated heterocycles. The molecule has 0 bridgehead atoms. The van der Waals surface area contributed by atoms with Crippen LogP contribution in [0.3, 0.4) is 0 Å². The summed E-state index contributed by atoms with van der Waals surface area (Å²) in [4.78, 5) is 30.0. The van der Waals surface area contributed by atoms with Gasteiger partial charge in [-0.3, -0.25) is 9.69 Å². The van der Waals surface area contributed by atoms with Crippen LogP contribution in [-0.2, 0) is 18.5 Å². The fraction of sp³-hybridized carbons (Fsp3) is 0.333. The molecule has 2 heterocycles. The van der Waals surface area contributed by atoms with E-state index in [0.717, 1.165) is 35.6 Å². The fourth-order valence-corrected chi connectivity index (χ4v) is 2.85. The van der Waals surface area contributed by atoms with Crippen LogP contribution in [-0.4, -0.2) is 31.9 Å². The van der Waals surface area contributed by atoms with E-state index in [1.165, 1.54) is 0 Å². The van der Waals surface area contributed by atoms with Gasteiger partial charge in [0.1, 0.15) is 12.2 Å². The lowest BCUT2D eigenvalue weighted by Gasteiger charge is -2.18. The van der Waals surface area contributed by atoms with Gasteiger partial charge in [0.05, 0.1) is 11.4 Å². The molecule has 140 valence electrons. The number of rotatable bonds is 5. The predicted octanol–water partition coefficient (Wildman–Crippen LogP) is 3.16. The van der Waals surface area contributed by atoms with E-state index in [2.05, 4.69) is 64.8 Å². The Labute approximate surface area is 159 Å². The van der Waals surface area contributed by atoms with Gasteiger partial charge in [0.15, 0.2) is 0 Å². The van der Waals surface area contributed by atoms with Crippen molar-refractivity contribution in [3.05, 3.63) is 76.2 Å². The average molecular weight is 363 g/mol. The summed E-state index contributed by atoms with van der Waals surface area (Å²) in [6.45, 7) is 7.66. The highest BCUT2D eigenvalue weighted by Crippen LogP contribution is 2.22. The summed E-state index contributed by atoms with van der Waals surface area (Å²) < 4.78 is 0. The third kappa shape index (κ3) is 5.08. The van der Waals surface area contributed by atoms with E-state index < -0.39 is 0 Å². The molecule has 0 spiro atoms. The van der Waals surface area contributed by atoms with E-state index in [4.69, 9.17) is 0 Å². The Morgan fingerprint density at radius 2 is 1.93 bits per heavy atom. The Hall–Kier alpha value is -2.86. The Bertz CT molecular complexity index is 960. The zero-order valence-electron chi connectivity index (χ0n) is 16.2. The first-order chi connectivity index (χ1) is 12.8. The van der Waals surface area contributed by atoms with Crippen LogP contribution in [0.5, 0.6) is 0 Å². The van der Waals surface area contributed by atoms with Crippen molar-refractivity contribution in [1.82, 2.24) is 24.8 Å². The first-order valence-electron chi connectivity index (χ1n) is 8.96. The molecule has 6 heteroatoms. The SMILES string of the molecule is CN(Cc1cccc(-c2nc(C(C)(C)C)cc(=O)[nH]2)c1)Cc1ccncn1. The molecule has 0 unspecified atom stereocenters. The monoisotopic (exact) mass is 363 g/mol. The first-order valence-corrected chi connectivity index (χ1v) is 8.96. The molecule has 0 fully saturated rings. The lowest BCUT2D eigenvalue weighted by atomic mass is 9.92. The van der Waals surface area contributed by atoms with Gasteiger partial charge in [-0.15, -0.1) is 0 Å². The van der Waals surface area contributed by atoms with Crippen LogP contribution >= 0.6 is 0 Å². The van der Waals surface area contributed by atoms with Crippen LogP contribution in [0.15, 0.2) is 53.7 Å². The summed E-state index contributed by atoms with van der Waals surface area (Å²) in [7, 11) is 2.05. The van der Waals surface area contributed by atoms with Crippen molar-refractivity contribution in [3.63, 3.8) is 0 Å². The van der Waals surface area contributed by atoms with Crippen LogP contribution in [0.2, 0.25) is 0 Å². The van der Waals surface area contributed by atoms with Gasteiger partial charge in [0.25, 0.3) is 5.56 Å². The lowest BCUT2D eigenvalue weighted by molar-refractivity contribution is 0.315. The second-order valence-electron chi connectivity index (χ2n) is 7.80. The summed E-state index contributed by atoms with van der Waals surface area (Å²) in [6.07, 6.45) is 3.31. The maximum atomic E-state index is 12.1. The molecular weight excluding hydrogens is 338 g/mol. The minimum atomic E-state index is -0.182. The average Bonchev–Trinajstić information content (AvgIpc) is 2.61. The highest BCUT2D eigenvalue weighted by molar-refractivity contribution is 5.56. The molecule has 1 N–H and O–H groups in total. The van der Waals surface area contributed by atoms with Gasteiger partial charge >= 0.3 is 0 Å². The molecule has 6 nitrogen and oxygen atoms in total. The van der Waals surface area contributed by atoms with Crippen LogP contribution < -0.4 is 5.56 Å². The van der Waals surface area contributed by atoms with Crippen molar-refractivity contribution in [2.24, 2.45) is 0 Å². The number of nitrogens with one attached hydrogen (secondary N) is 1. The molecule has 0 aliphatic heterocycles. The Morgan fingerprint density at radius 1 is 1.11 bits per heavy atom. The summed E-state index contributed by atoms with van der Waals surface area (Å²) >= 11 is 0. The molecule has 0 aliphatic carbocycles. The van der Waals surface area contributed by atoms with Gasteiger partial charge in [-0.2, -0.15) is 0 Å². The highest BCUT2D eigenvalue weighted by atomic mass is 16.1. The Morgan fingerprint density at radius 3 is 2.63 bits per heavy atom. The van der Waals surface area contributed by atoms with Crippen molar-refractivity contribution in [1.29, 1.82) is 0 Å². The number of hydrogen-bond donors (Lipinski definition) is 1. The van der Waals surface area contributed by atoms with Gasteiger partial charge in [0.2, 0.25) is 0 Å². The van der Waals surface area contributed by atoms with Crippen molar-refractivity contribution in [3.8, 4) is 11.4 Å². The number of aromatic nitrogens is 4. The first kappa shape index (κ1) is 18.9. The number of benzene rings is 1. The maximum Gasteiger partial charge on any atom is 0.251 e. The van der Waals surface area contributed by atoms with Crippen LogP contribution in [0.1, 0.15) is 37.7 Å². The van der Waals surface area contributed by atoms with Gasteiger partial charge in [-0.1, -0.05) is 39.0 Å². The van der Waals surface area contributed by atoms with Crippen molar-refractivity contribution in [2.45, 2.75) is 39.3 Å². The van der Waals surface area contributed by atoms with E-state index in [-0.39, 0.29) is 11.0 Å². The number of nitrogens with zero attached hydrogens (tertiary/aromatic N) is 4. The zero-order valence-corrected chi connectivity index (χ0v) is 16.2. The smallest absolute Gasteiger partial charge is 0.251 e. The van der Waals surface area contributed by atoms with Gasteiger partial charge < -0.3 is 4.98 Å². The molecule has 2 aromatic heterocycles. The Balaban J connectivity index is 1.82. The topological polar surface area (TPSA) is 74.8 Å². The van der Waals surface area contributed by atoms with E-state index >= 15 is 0 Å². The zero-order chi connectivity index (χ0) is 19.4. The second-order valence-corrected chi connectivity index (χ2v) is 7.80. The van der Waals surface area contributed by atoms with Gasteiger partial charge in [-0.25, -0.2) is 15.0 Å². The maximum absolute atomic E-state index is 12.1. The number of aromatic amines is 1. The third-order valence-corrected chi connectivity index (χ3v) is 4.24. The normalized spacial score (nSPS) is 11.7. The summed E-state index contributed by atoms with van der Waals surface area (Å²) in [5.41, 5.74) is 3.51. The molecule has 27 heavy (non-hydrogen) atoms. The minimum Gasteiger partial charge on any atom is -0.307 e. The molecule has 3 rings (SSSR count). The lowest BCUT2D eigenvalue weighted by Crippen LogP contribution is -2.20. The molecule has 3 aromatic rings. The molecule has 0 saturated carbocycles. The van der Waals surface area contributed by atoms with E-state index in [0.29, 0.717) is 5.82 Å². The largest absolute Gasteiger partial charge is 0.307 e. The molecular formula is C21H25N5O. The van der Waals surface area contributed by atoms with Crippen LogP contribution in [0.4, 0.5) is 0 Å². The van der Waals surface area contributed by atoms with Crippen molar-refractivity contribution < 1.29 is 0 Å². The number of hydrogen-bond acceptors (Lipinski definition) is 5. The number of H-pyrrole nitrogens is 1. The fourth-order valence-electron chi connectivity index (χ4n) is 2.85. The van der Waals surface area contributed by atoms with E-state index in [1.807, 2.05) is 18.2 Å². The summed E-state index contributed by atoms with van der Waals surface area (Å²) in [5, 5.41) is 0. The molecule has 0 radical (unpaired) electrons. The minimum absolute atomic E-state index is 0.129. The van der Waals surface area contributed by atoms with Crippen LogP contribution in [0, 0.1) is 0 Å². The van der Waals surface area contributed by atoms with Crippen molar-refractivity contribution in [2.75, 3.05) is 7.05 Å². The van der Waals surface area contributed by atoms with Gasteiger partial charge in [0, 0.05) is 36.3 Å². The Kier molecular flexibility index (Phi) is 5.46. The summed E-state index contributed by atoms with van der Waals surface area (Å²) in [6, 6.07) is 11.6. The molecule has 0 aliphatic rings. The molecule has 0 atom stereocenters. The van der Waals surface area contributed by atoms with Gasteiger partial charge in [-0.05, 0) is 24.7 Å². The molecule has 0 amide bonds. The molecule has 1 aromatic carbocycles.